The van der Waals surface area contributed by atoms with E-state index in [0.29, 0.717) is 5.13 Å². The third-order valence-electron chi connectivity index (χ3n) is 3.82. The molecular formula is C14H22N4O2S. The molecule has 6 nitrogen and oxygen atoms in total. The molecule has 1 aromatic rings. The van der Waals surface area contributed by atoms with Gasteiger partial charge in [0.1, 0.15) is 5.01 Å². The molecule has 1 aliphatic heterocycles. The van der Waals surface area contributed by atoms with Crippen LogP contribution >= 0.6 is 11.3 Å². The minimum absolute atomic E-state index is 0.0679. The maximum Gasteiger partial charge on any atom is 0.226 e. The van der Waals surface area contributed by atoms with Crippen LogP contribution in [0.3, 0.4) is 0 Å². The zero-order chi connectivity index (χ0) is 15.4. The summed E-state index contributed by atoms with van der Waals surface area (Å²) in [4.78, 5) is 26.1. The van der Waals surface area contributed by atoms with Gasteiger partial charge < -0.3 is 10.2 Å². The Bertz CT molecular complexity index is 507. The molecule has 0 aromatic carbocycles. The van der Waals surface area contributed by atoms with Gasteiger partial charge >= 0.3 is 0 Å². The first-order valence-corrected chi connectivity index (χ1v) is 8.20. The van der Waals surface area contributed by atoms with Crippen molar-refractivity contribution in [3.05, 3.63) is 5.01 Å². The predicted molar refractivity (Wildman–Crippen MR) is 82.1 cm³/mol. The first-order valence-electron chi connectivity index (χ1n) is 7.38. The Balaban J connectivity index is 1.81. The van der Waals surface area contributed by atoms with Crippen LogP contribution in [0, 0.1) is 6.92 Å². The Labute approximate surface area is 128 Å². The molecule has 2 unspecified atom stereocenters. The molecule has 2 rings (SSSR count). The zero-order valence-electron chi connectivity index (χ0n) is 12.8. The van der Waals surface area contributed by atoms with Crippen molar-refractivity contribution in [3.8, 4) is 0 Å². The van der Waals surface area contributed by atoms with Gasteiger partial charge in [-0.25, -0.2) is 0 Å². The quantitative estimate of drug-likeness (QED) is 0.926. The maximum absolute atomic E-state index is 12.3. The summed E-state index contributed by atoms with van der Waals surface area (Å²) in [7, 11) is 0. The molecule has 1 aromatic heterocycles. The Morgan fingerprint density at radius 2 is 1.90 bits per heavy atom. The van der Waals surface area contributed by atoms with E-state index in [0.717, 1.165) is 17.8 Å². The van der Waals surface area contributed by atoms with Crippen LogP contribution < -0.4 is 5.32 Å². The van der Waals surface area contributed by atoms with Gasteiger partial charge in [-0.1, -0.05) is 11.3 Å². The summed E-state index contributed by atoms with van der Waals surface area (Å²) >= 11 is 1.33. The van der Waals surface area contributed by atoms with Crippen LogP contribution in [0.1, 0.15) is 51.0 Å². The van der Waals surface area contributed by atoms with Gasteiger partial charge in [0.25, 0.3) is 0 Å². The summed E-state index contributed by atoms with van der Waals surface area (Å²) in [5, 5.41) is 11.6. The largest absolute Gasteiger partial charge is 0.337 e. The number of carbonyl (C=O) groups is 2. The van der Waals surface area contributed by atoms with Crippen LogP contribution in [0.5, 0.6) is 0 Å². The molecule has 0 spiro atoms. The van der Waals surface area contributed by atoms with Gasteiger partial charge in [0, 0.05) is 24.9 Å². The maximum atomic E-state index is 12.3. The lowest BCUT2D eigenvalue weighted by Crippen LogP contribution is -2.47. The van der Waals surface area contributed by atoms with Crippen molar-refractivity contribution in [3.63, 3.8) is 0 Å². The van der Waals surface area contributed by atoms with E-state index in [4.69, 9.17) is 0 Å². The highest BCUT2D eigenvalue weighted by atomic mass is 32.1. The molecule has 1 N–H and O–H groups in total. The van der Waals surface area contributed by atoms with Gasteiger partial charge in [-0.15, -0.1) is 10.2 Å². The van der Waals surface area contributed by atoms with Crippen molar-refractivity contribution < 1.29 is 9.59 Å². The highest BCUT2D eigenvalue weighted by molar-refractivity contribution is 7.15. The molecule has 0 radical (unpaired) electrons. The number of aryl methyl sites for hydroxylation is 1. The minimum Gasteiger partial charge on any atom is -0.337 e. The molecule has 2 amide bonds. The predicted octanol–water partition coefficient (Wildman–Crippen LogP) is 2.35. The lowest BCUT2D eigenvalue weighted by atomic mass is 9.97. The summed E-state index contributed by atoms with van der Waals surface area (Å²) in [6, 6.07) is 0.547. The van der Waals surface area contributed by atoms with Gasteiger partial charge in [-0.3, -0.25) is 9.59 Å². The normalized spacial score (nSPS) is 22.1. The second-order valence-corrected chi connectivity index (χ2v) is 6.79. The third kappa shape index (κ3) is 4.23. The number of amides is 2. The highest BCUT2D eigenvalue weighted by Crippen LogP contribution is 2.23. The Hall–Kier alpha value is -1.50. The molecule has 1 aliphatic rings. The molecule has 0 bridgehead atoms. The zero-order valence-corrected chi connectivity index (χ0v) is 13.6. The average molecular weight is 310 g/mol. The van der Waals surface area contributed by atoms with E-state index in [-0.39, 0.29) is 36.7 Å². The van der Waals surface area contributed by atoms with Crippen LogP contribution in [0.2, 0.25) is 0 Å². The minimum atomic E-state index is -0.184. The van der Waals surface area contributed by atoms with Crippen molar-refractivity contribution >= 4 is 28.3 Å². The van der Waals surface area contributed by atoms with E-state index in [2.05, 4.69) is 29.4 Å². The Kier molecular flexibility index (Phi) is 5.27. The smallest absolute Gasteiger partial charge is 0.226 e. The van der Waals surface area contributed by atoms with Crippen molar-refractivity contribution in [1.82, 2.24) is 15.1 Å². The fraction of sp³-hybridized carbons (Fsp3) is 0.714. The first-order chi connectivity index (χ1) is 9.97. The van der Waals surface area contributed by atoms with Crippen molar-refractivity contribution in [2.24, 2.45) is 0 Å². The van der Waals surface area contributed by atoms with Crippen molar-refractivity contribution in [1.29, 1.82) is 0 Å². The second kappa shape index (κ2) is 6.98. The molecule has 7 heteroatoms. The van der Waals surface area contributed by atoms with E-state index in [1.54, 1.807) is 0 Å². The van der Waals surface area contributed by atoms with Crippen molar-refractivity contribution in [2.45, 2.75) is 65.0 Å². The molecule has 1 saturated heterocycles. The van der Waals surface area contributed by atoms with E-state index in [1.807, 2.05) is 11.8 Å². The summed E-state index contributed by atoms with van der Waals surface area (Å²) in [6.07, 6.45) is 3.70. The number of hydrogen-bond donors (Lipinski definition) is 1. The number of likely N-dealkylation sites (tertiary alicyclic amines) is 1. The highest BCUT2D eigenvalue weighted by Gasteiger charge is 2.28. The molecule has 21 heavy (non-hydrogen) atoms. The van der Waals surface area contributed by atoms with Gasteiger partial charge in [-0.2, -0.15) is 0 Å². The molecule has 2 atom stereocenters. The van der Waals surface area contributed by atoms with Crippen LogP contribution in [-0.4, -0.2) is 39.0 Å². The number of nitrogens with one attached hydrogen (secondary N) is 1. The summed E-state index contributed by atoms with van der Waals surface area (Å²) < 4.78 is 0. The van der Waals surface area contributed by atoms with Crippen LogP contribution in [0.25, 0.3) is 0 Å². The second-order valence-electron chi connectivity index (χ2n) is 5.60. The summed E-state index contributed by atoms with van der Waals surface area (Å²) in [6.45, 7) is 5.99. The van der Waals surface area contributed by atoms with E-state index < -0.39 is 0 Å². The molecule has 1 fully saturated rings. The molecule has 0 aliphatic carbocycles. The van der Waals surface area contributed by atoms with E-state index in [1.165, 1.54) is 17.8 Å². The molecule has 0 saturated carbocycles. The van der Waals surface area contributed by atoms with Crippen LogP contribution in [0.15, 0.2) is 0 Å². The number of nitrogens with zero attached hydrogens (tertiary/aromatic N) is 3. The number of aromatic nitrogens is 2. The Morgan fingerprint density at radius 3 is 2.48 bits per heavy atom. The Morgan fingerprint density at radius 1 is 1.24 bits per heavy atom. The lowest BCUT2D eigenvalue weighted by molar-refractivity contribution is -0.138. The first kappa shape index (κ1) is 15.9. The number of carbonyl (C=O) groups excluding carboxylic acids is 2. The lowest BCUT2D eigenvalue weighted by Gasteiger charge is -2.39. The molecule has 116 valence electrons. The molecule has 2 heterocycles. The number of rotatable bonds is 4. The van der Waals surface area contributed by atoms with E-state index >= 15 is 0 Å². The average Bonchev–Trinajstić information content (AvgIpc) is 2.81. The number of anilines is 1. The topological polar surface area (TPSA) is 75.2 Å². The fourth-order valence-corrected chi connectivity index (χ4v) is 3.40. The van der Waals surface area contributed by atoms with Gasteiger partial charge in [0.15, 0.2) is 0 Å². The SMILES string of the molecule is Cc1nnc(NC(=O)CCC(=O)N2C(C)CCCC2C)s1. The summed E-state index contributed by atoms with van der Waals surface area (Å²) in [5.74, 6) is -0.116. The van der Waals surface area contributed by atoms with Crippen molar-refractivity contribution in [2.75, 3.05) is 5.32 Å². The van der Waals surface area contributed by atoms with Crippen LogP contribution in [0.4, 0.5) is 5.13 Å². The fourth-order valence-electron chi connectivity index (χ4n) is 2.79. The summed E-state index contributed by atoms with van der Waals surface area (Å²) in [5.41, 5.74) is 0. The van der Waals surface area contributed by atoms with Crippen LogP contribution in [-0.2, 0) is 9.59 Å². The van der Waals surface area contributed by atoms with Gasteiger partial charge in [-0.05, 0) is 40.0 Å². The van der Waals surface area contributed by atoms with Gasteiger partial charge in [0.2, 0.25) is 16.9 Å². The number of piperidine rings is 1. The number of hydrogen-bond acceptors (Lipinski definition) is 5. The third-order valence-corrected chi connectivity index (χ3v) is 4.57. The monoisotopic (exact) mass is 310 g/mol. The van der Waals surface area contributed by atoms with E-state index in [9.17, 15) is 9.59 Å². The standard InChI is InChI=1S/C14H22N4O2S/c1-9-5-4-6-10(2)18(9)13(20)8-7-12(19)15-14-17-16-11(3)21-14/h9-10H,4-8H2,1-3H3,(H,15,17,19). The van der Waals surface area contributed by atoms with Gasteiger partial charge in [0.05, 0.1) is 0 Å². The molecular weight excluding hydrogens is 288 g/mol.